The van der Waals surface area contributed by atoms with E-state index in [1.807, 2.05) is 30.3 Å². The quantitative estimate of drug-likeness (QED) is 0.819. The lowest BCUT2D eigenvalue weighted by molar-refractivity contribution is 0.0953. The van der Waals surface area contributed by atoms with Crippen molar-refractivity contribution >= 4 is 28.4 Å². The van der Waals surface area contributed by atoms with E-state index >= 15 is 0 Å². The van der Waals surface area contributed by atoms with Gasteiger partial charge in [0.05, 0.1) is 10.9 Å². The predicted octanol–water partition coefficient (Wildman–Crippen LogP) is 4.01. The molecule has 0 saturated heterocycles. The second-order valence-corrected chi connectivity index (χ2v) is 5.74. The lowest BCUT2D eigenvalue weighted by Crippen LogP contribution is -2.33. The van der Waals surface area contributed by atoms with Crippen LogP contribution in [-0.4, -0.2) is 22.8 Å². The summed E-state index contributed by atoms with van der Waals surface area (Å²) in [6, 6.07) is 9.33. The van der Waals surface area contributed by atoms with Gasteiger partial charge in [0.1, 0.15) is 0 Å². The fourth-order valence-corrected chi connectivity index (χ4v) is 2.99. The topological polar surface area (TPSA) is 42.0 Å². The number of benzene rings is 1. The third kappa shape index (κ3) is 3.73. The Morgan fingerprint density at radius 3 is 2.71 bits per heavy atom. The highest BCUT2D eigenvalue weighted by atomic mass is 35.5. The van der Waals surface area contributed by atoms with Crippen molar-refractivity contribution in [1.29, 1.82) is 0 Å². The van der Waals surface area contributed by atoms with Crippen LogP contribution >= 0.6 is 11.6 Å². The van der Waals surface area contributed by atoms with E-state index in [4.69, 9.17) is 11.6 Å². The molecule has 4 heteroatoms. The Hall–Kier alpha value is -1.61. The number of alkyl halides is 1. The maximum absolute atomic E-state index is 12.4. The average Bonchev–Trinajstić information content (AvgIpc) is 2.53. The number of nitrogens with one attached hydrogen (secondary N) is 1. The number of aromatic nitrogens is 1. The van der Waals surface area contributed by atoms with Gasteiger partial charge in [-0.3, -0.25) is 9.78 Å². The zero-order chi connectivity index (χ0) is 15.2. The van der Waals surface area contributed by atoms with Crippen LogP contribution < -0.4 is 5.32 Å². The molecule has 1 atom stereocenters. The fourth-order valence-electron chi connectivity index (χ4n) is 2.55. The zero-order valence-corrected chi connectivity index (χ0v) is 13.2. The molecule has 0 fully saturated rings. The predicted molar refractivity (Wildman–Crippen MR) is 87.8 cm³/mol. The molecule has 1 heterocycles. The van der Waals surface area contributed by atoms with Gasteiger partial charge in [0.2, 0.25) is 0 Å². The van der Waals surface area contributed by atoms with Gasteiger partial charge in [-0.25, -0.2) is 0 Å². The van der Waals surface area contributed by atoms with Crippen molar-refractivity contribution in [3.05, 3.63) is 42.1 Å². The van der Waals surface area contributed by atoms with Crippen molar-refractivity contribution in [3.8, 4) is 0 Å². The minimum absolute atomic E-state index is 0.0305. The summed E-state index contributed by atoms with van der Waals surface area (Å²) in [5.74, 6) is 0.339. The number of halogens is 1. The third-order valence-electron chi connectivity index (χ3n) is 3.91. The van der Waals surface area contributed by atoms with Crippen LogP contribution in [0.5, 0.6) is 0 Å². The number of fused-ring (bicyclic) bond motifs is 1. The van der Waals surface area contributed by atoms with Gasteiger partial charge in [0.15, 0.2) is 0 Å². The number of hydrogen-bond acceptors (Lipinski definition) is 2. The van der Waals surface area contributed by atoms with E-state index in [0.29, 0.717) is 18.0 Å². The third-order valence-corrected chi connectivity index (χ3v) is 4.42. The summed E-state index contributed by atoms with van der Waals surface area (Å²) < 4.78 is 0. The molecule has 2 rings (SSSR count). The van der Waals surface area contributed by atoms with Crippen LogP contribution in [0.1, 0.15) is 37.0 Å². The summed E-state index contributed by atoms with van der Waals surface area (Å²) in [5.41, 5.74) is 1.47. The summed E-state index contributed by atoms with van der Waals surface area (Å²) in [6.45, 7) is 4.74. The highest BCUT2D eigenvalue weighted by Crippen LogP contribution is 2.19. The van der Waals surface area contributed by atoms with E-state index in [-0.39, 0.29) is 11.3 Å². The van der Waals surface area contributed by atoms with Crippen LogP contribution in [0.3, 0.4) is 0 Å². The van der Waals surface area contributed by atoms with Gasteiger partial charge >= 0.3 is 0 Å². The normalized spacial score (nSPS) is 12.6. The molecule has 0 saturated carbocycles. The van der Waals surface area contributed by atoms with Crippen molar-refractivity contribution in [2.24, 2.45) is 5.92 Å². The molecule has 1 aromatic heterocycles. The number of rotatable bonds is 6. The SMILES string of the molecule is CCC(CC)C(Cl)CNC(=O)c1cccc2ncccc12. The lowest BCUT2D eigenvalue weighted by Gasteiger charge is -2.19. The van der Waals surface area contributed by atoms with Gasteiger partial charge in [-0.2, -0.15) is 0 Å². The summed E-state index contributed by atoms with van der Waals surface area (Å²) in [7, 11) is 0. The molecule has 0 spiro atoms. The summed E-state index contributed by atoms with van der Waals surface area (Å²) in [6.07, 6.45) is 3.78. The van der Waals surface area contributed by atoms with Gasteiger partial charge in [-0.05, 0) is 24.1 Å². The fraction of sp³-hybridized carbons (Fsp3) is 0.412. The Balaban J connectivity index is 2.09. The molecule has 0 bridgehead atoms. The van der Waals surface area contributed by atoms with Gasteiger partial charge in [0.25, 0.3) is 5.91 Å². The number of hydrogen-bond donors (Lipinski definition) is 1. The first-order chi connectivity index (χ1) is 10.2. The number of carbonyl (C=O) groups is 1. The van der Waals surface area contributed by atoms with Gasteiger partial charge in [-0.15, -0.1) is 11.6 Å². The molecule has 1 aromatic carbocycles. The Bertz CT molecular complexity index is 605. The van der Waals surface area contributed by atoms with Crippen molar-refractivity contribution < 1.29 is 4.79 Å². The Morgan fingerprint density at radius 2 is 2.00 bits per heavy atom. The van der Waals surface area contributed by atoms with Crippen LogP contribution in [0.15, 0.2) is 36.5 Å². The van der Waals surface area contributed by atoms with E-state index in [1.54, 1.807) is 6.20 Å². The van der Waals surface area contributed by atoms with E-state index in [0.717, 1.165) is 23.7 Å². The van der Waals surface area contributed by atoms with Crippen LogP contribution in [0.4, 0.5) is 0 Å². The molecule has 112 valence electrons. The van der Waals surface area contributed by atoms with Gasteiger partial charge in [0, 0.05) is 23.7 Å². The summed E-state index contributed by atoms with van der Waals surface area (Å²) >= 11 is 6.37. The monoisotopic (exact) mass is 304 g/mol. The number of amides is 1. The van der Waals surface area contributed by atoms with Crippen LogP contribution in [0, 0.1) is 5.92 Å². The highest BCUT2D eigenvalue weighted by molar-refractivity contribution is 6.21. The van der Waals surface area contributed by atoms with Crippen LogP contribution in [0.2, 0.25) is 0 Å². The molecule has 1 unspecified atom stereocenters. The second kappa shape index (κ2) is 7.41. The lowest BCUT2D eigenvalue weighted by atomic mass is 9.99. The summed E-state index contributed by atoms with van der Waals surface area (Å²) in [4.78, 5) is 16.6. The second-order valence-electron chi connectivity index (χ2n) is 5.18. The first kappa shape index (κ1) is 15.8. The summed E-state index contributed by atoms with van der Waals surface area (Å²) in [5, 5.41) is 3.78. The van der Waals surface area contributed by atoms with Crippen LogP contribution in [0.25, 0.3) is 10.9 Å². The number of carbonyl (C=O) groups excluding carboxylic acids is 1. The molecule has 0 radical (unpaired) electrons. The molecule has 0 aliphatic rings. The Morgan fingerprint density at radius 1 is 1.24 bits per heavy atom. The minimum Gasteiger partial charge on any atom is -0.351 e. The molecule has 1 N–H and O–H groups in total. The van der Waals surface area contributed by atoms with Crippen molar-refractivity contribution in [2.75, 3.05) is 6.54 Å². The zero-order valence-electron chi connectivity index (χ0n) is 12.5. The smallest absolute Gasteiger partial charge is 0.252 e. The first-order valence-electron chi connectivity index (χ1n) is 7.43. The minimum atomic E-state index is -0.0924. The van der Waals surface area contributed by atoms with E-state index < -0.39 is 0 Å². The molecule has 0 aliphatic carbocycles. The van der Waals surface area contributed by atoms with Crippen LogP contribution in [-0.2, 0) is 0 Å². The van der Waals surface area contributed by atoms with E-state index in [1.165, 1.54) is 0 Å². The molecule has 0 aliphatic heterocycles. The molecule has 3 nitrogen and oxygen atoms in total. The molecule has 21 heavy (non-hydrogen) atoms. The first-order valence-corrected chi connectivity index (χ1v) is 7.87. The van der Waals surface area contributed by atoms with E-state index in [2.05, 4.69) is 24.1 Å². The largest absolute Gasteiger partial charge is 0.351 e. The molecular formula is C17H21ClN2O. The highest BCUT2D eigenvalue weighted by Gasteiger charge is 2.17. The van der Waals surface area contributed by atoms with Crippen molar-refractivity contribution in [3.63, 3.8) is 0 Å². The standard InChI is InChI=1S/C17H21ClN2O/c1-3-12(4-2)15(18)11-20-17(21)14-7-5-9-16-13(14)8-6-10-19-16/h5-10,12,15H,3-4,11H2,1-2H3,(H,20,21). The van der Waals surface area contributed by atoms with Crippen molar-refractivity contribution in [2.45, 2.75) is 32.1 Å². The molecule has 1 amide bonds. The Labute approximate surface area is 130 Å². The van der Waals surface area contributed by atoms with E-state index in [9.17, 15) is 4.79 Å². The molecular weight excluding hydrogens is 284 g/mol. The van der Waals surface area contributed by atoms with Gasteiger partial charge in [-0.1, -0.05) is 38.8 Å². The average molecular weight is 305 g/mol. The van der Waals surface area contributed by atoms with Crippen molar-refractivity contribution in [1.82, 2.24) is 10.3 Å². The molecule has 2 aromatic rings. The number of nitrogens with zero attached hydrogens (tertiary/aromatic N) is 1. The number of pyridine rings is 1. The Kier molecular flexibility index (Phi) is 5.57. The van der Waals surface area contributed by atoms with Gasteiger partial charge < -0.3 is 5.32 Å². The maximum Gasteiger partial charge on any atom is 0.252 e. The maximum atomic E-state index is 12.4.